The molecule has 2 nitrogen and oxygen atoms in total. The van der Waals surface area contributed by atoms with E-state index >= 15 is 0 Å². The third-order valence-corrected chi connectivity index (χ3v) is 3.03. The summed E-state index contributed by atoms with van der Waals surface area (Å²) in [5.41, 5.74) is 0.954. The molecule has 0 aromatic heterocycles. The van der Waals surface area contributed by atoms with Crippen molar-refractivity contribution in [3.05, 3.63) is 28.2 Å². The molecule has 2 atom stereocenters. The van der Waals surface area contributed by atoms with E-state index < -0.39 is 0 Å². The van der Waals surface area contributed by atoms with Crippen molar-refractivity contribution < 1.29 is 4.74 Å². The van der Waals surface area contributed by atoms with E-state index in [2.05, 4.69) is 12.2 Å². The van der Waals surface area contributed by atoms with Crippen LogP contribution in [-0.4, -0.2) is 18.8 Å². The predicted molar refractivity (Wildman–Crippen MR) is 63.9 cm³/mol. The van der Waals surface area contributed by atoms with E-state index in [-0.39, 0.29) is 6.10 Å². The Morgan fingerprint density at radius 2 is 1.93 bits per heavy atom. The Morgan fingerprint density at radius 3 is 2.47 bits per heavy atom. The molecule has 0 bridgehead atoms. The zero-order chi connectivity index (χ0) is 10.8. The number of anilines is 1. The zero-order valence-electron chi connectivity index (χ0n) is 8.47. The van der Waals surface area contributed by atoms with Crippen LogP contribution in [0.4, 0.5) is 5.69 Å². The van der Waals surface area contributed by atoms with Crippen molar-refractivity contribution in [1.29, 1.82) is 0 Å². The van der Waals surface area contributed by atoms with Crippen LogP contribution < -0.4 is 5.32 Å². The summed E-state index contributed by atoms with van der Waals surface area (Å²) in [5, 5.41) is 4.68. The second-order valence-electron chi connectivity index (χ2n) is 3.77. The van der Waals surface area contributed by atoms with Crippen molar-refractivity contribution in [2.75, 3.05) is 11.9 Å². The van der Waals surface area contributed by atoms with Gasteiger partial charge in [0.2, 0.25) is 0 Å². The minimum absolute atomic E-state index is 0.239. The maximum absolute atomic E-state index is 5.92. The molecule has 1 N–H and O–H groups in total. The van der Waals surface area contributed by atoms with Gasteiger partial charge in [0.15, 0.2) is 0 Å². The second-order valence-corrected chi connectivity index (χ2v) is 4.65. The highest BCUT2D eigenvalue weighted by Gasteiger charge is 2.23. The van der Waals surface area contributed by atoms with Crippen LogP contribution in [0.15, 0.2) is 18.2 Å². The fourth-order valence-corrected chi connectivity index (χ4v) is 2.30. The third-order valence-electron chi connectivity index (χ3n) is 2.59. The van der Waals surface area contributed by atoms with Crippen molar-refractivity contribution in [3.63, 3.8) is 0 Å². The molecule has 1 fully saturated rings. The lowest BCUT2D eigenvalue weighted by atomic mass is 10.1. The molecule has 15 heavy (non-hydrogen) atoms. The Balaban J connectivity index is 2.10. The maximum atomic E-state index is 5.92. The standard InChI is InChI=1S/C11H13Cl2NO/c1-7-11(2-3-15-7)14-10-5-8(12)4-9(13)6-10/h4-7,11,14H,2-3H2,1H3/t7-,11-/m0/s1. The molecule has 0 unspecified atom stereocenters. The van der Waals surface area contributed by atoms with Gasteiger partial charge in [-0.1, -0.05) is 23.2 Å². The van der Waals surface area contributed by atoms with Gasteiger partial charge in [0, 0.05) is 22.3 Å². The Labute approximate surface area is 99.5 Å². The van der Waals surface area contributed by atoms with Gasteiger partial charge < -0.3 is 10.1 Å². The van der Waals surface area contributed by atoms with E-state index in [1.165, 1.54) is 0 Å². The van der Waals surface area contributed by atoms with Gasteiger partial charge in [-0.05, 0) is 31.5 Å². The van der Waals surface area contributed by atoms with Crippen molar-refractivity contribution >= 4 is 28.9 Å². The summed E-state index contributed by atoms with van der Waals surface area (Å²) in [7, 11) is 0. The van der Waals surface area contributed by atoms with Gasteiger partial charge in [0.25, 0.3) is 0 Å². The number of benzene rings is 1. The summed E-state index contributed by atoms with van der Waals surface area (Å²) in [6.45, 7) is 2.88. The van der Waals surface area contributed by atoms with E-state index in [4.69, 9.17) is 27.9 Å². The molecule has 2 rings (SSSR count). The summed E-state index contributed by atoms with van der Waals surface area (Å²) >= 11 is 11.8. The minimum atomic E-state index is 0.239. The highest BCUT2D eigenvalue weighted by molar-refractivity contribution is 6.35. The van der Waals surface area contributed by atoms with Gasteiger partial charge in [0.1, 0.15) is 0 Å². The predicted octanol–water partition coefficient (Wildman–Crippen LogP) is 3.58. The van der Waals surface area contributed by atoms with Gasteiger partial charge in [-0.15, -0.1) is 0 Å². The maximum Gasteiger partial charge on any atom is 0.0748 e. The zero-order valence-corrected chi connectivity index (χ0v) is 9.98. The Morgan fingerprint density at radius 1 is 1.27 bits per heavy atom. The van der Waals surface area contributed by atoms with E-state index in [1.807, 2.05) is 12.1 Å². The molecule has 0 aliphatic carbocycles. The number of rotatable bonds is 2. The first-order valence-electron chi connectivity index (χ1n) is 4.99. The van der Waals surface area contributed by atoms with E-state index in [1.54, 1.807) is 6.07 Å². The molecule has 0 spiro atoms. The molecule has 4 heteroatoms. The van der Waals surface area contributed by atoms with Crippen LogP contribution in [-0.2, 0) is 4.74 Å². The Bertz CT molecular complexity index is 336. The first-order chi connectivity index (χ1) is 7.15. The van der Waals surface area contributed by atoms with Crippen molar-refractivity contribution in [3.8, 4) is 0 Å². The number of halogens is 2. The summed E-state index contributed by atoms with van der Waals surface area (Å²) < 4.78 is 5.47. The molecule has 1 aliphatic rings. The van der Waals surface area contributed by atoms with Crippen molar-refractivity contribution in [2.45, 2.75) is 25.5 Å². The fraction of sp³-hybridized carbons (Fsp3) is 0.455. The quantitative estimate of drug-likeness (QED) is 0.861. The number of nitrogens with one attached hydrogen (secondary N) is 1. The van der Waals surface area contributed by atoms with E-state index in [0.717, 1.165) is 18.7 Å². The molecule has 1 aromatic rings. The van der Waals surface area contributed by atoms with Gasteiger partial charge in [-0.25, -0.2) is 0 Å². The molecule has 1 aliphatic heterocycles. The van der Waals surface area contributed by atoms with Crippen LogP contribution in [0.5, 0.6) is 0 Å². The van der Waals surface area contributed by atoms with Gasteiger partial charge in [0.05, 0.1) is 12.1 Å². The van der Waals surface area contributed by atoms with Crippen LogP contribution in [0.3, 0.4) is 0 Å². The van der Waals surface area contributed by atoms with Crippen molar-refractivity contribution in [2.24, 2.45) is 0 Å². The smallest absolute Gasteiger partial charge is 0.0748 e. The van der Waals surface area contributed by atoms with Crippen LogP contribution >= 0.6 is 23.2 Å². The minimum Gasteiger partial charge on any atom is -0.380 e. The lowest BCUT2D eigenvalue weighted by Crippen LogP contribution is -2.26. The molecule has 0 radical (unpaired) electrons. The first kappa shape index (κ1) is 11.1. The molecule has 1 saturated heterocycles. The monoisotopic (exact) mass is 245 g/mol. The average Bonchev–Trinajstić information content (AvgIpc) is 2.50. The summed E-state index contributed by atoms with van der Waals surface area (Å²) in [6, 6.07) is 5.82. The molecule has 0 saturated carbocycles. The molecular formula is C11H13Cl2NO. The van der Waals surface area contributed by atoms with Gasteiger partial charge in [-0.2, -0.15) is 0 Å². The van der Waals surface area contributed by atoms with Crippen LogP contribution in [0.1, 0.15) is 13.3 Å². The molecule has 1 aromatic carbocycles. The van der Waals surface area contributed by atoms with Gasteiger partial charge in [-0.3, -0.25) is 0 Å². The Kier molecular flexibility index (Phi) is 3.39. The van der Waals surface area contributed by atoms with Crippen molar-refractivity contribution in [1.82, 2.24) is 0 Å². The first-order valence-corrected chi connectivity index (χ1v) is 5.75. The van der Waals surface area contributed by atoms with E-state index in [9.17, 15) is 0 Å². The third kappa shape index (κ3) is 2.77. The van der Waals surface area contributed by atoms with E-state index in [0.29, 0.717) is 16.1 Å². The summed E-state index contributed by atoms with van der Waals surface area (Å²) in [6.07, 6.45) is 1.26. The molecular weight excluding hydrogens is 233 g/mol. The number of hydrogen-bond acceptors (Lipinski definition) is 2. The lowest BCUT2D eigenvalue weighted by Gasteiger charge is -2.17. The lowest BCUT2D eigenvalue weighted by molar-refractivity contribution is 0.121. The number of hydrogen-bond donors (Lipinski definition) is 1. The normalized spacial score (nSPS) is 25.5. The largest absolute Gasteiger partial charge is 0.380 e. The SMILES string of the molecule is C[C@@H]1OCC[C@@H]1Nc1cc(Cl)cc(Cl)c1. The highest BCUT2D eigenvalue weighted by atomic mass is 35.5. The van der Waals surface area contributed by atoms with Gasteiger partial charge >= 0.3 is 0 Å². The van der Waals surface area contributed by atoms with Crippen LogP contribution in [0.25, 0.3) is 0 Å². The Hall–Kier alpha value is -0.440. The van der Waals surface area contributed by atoms with Crippen LogP contribution in [0.2, 0.25) is 10.0 Å². The molecule has 0 amide bonds. The average molecular weight is 246 g/mol. The van der Waals surface area contributed by atoms with Crippen LogP contribution in [0, 0.1) is 0 Å². The molecule has 1 heterocycles. The summed E-state index contributed by atoms with van der Waals surface area (Å²) in [5.74, 6) is 0. The summed E-state index contributed by atoms with van der Waals surface area (Å²) in [4.78, 5) is 0. The topological polar surface area (TPSA) is 21.3 Å². The molecule has 82 valence electrons. The highest BCUT2D eigenvalue weighted by Crippen LogP contribution is 2.25. The fourth-order valence-electron chi connectivity index (χ4n) is 1.77. The number of ether oxygens (including phenoxy) is 1. The second kappa shape index (κ2) is 4.60.